The number of hydrogen-bond acceptors (Lipinski definition) is 3. The zero-order valence-electron chi connectivity index (χ0n) is 14.8. The molecule has 0 unspecified atom stereocenters. The van der Waals surface area contributed by atoms with E-state index in [0.717, 1.165) is 4.90 Å². The molecule has 0 saturated carbocycles. The molecule has 0 bridgehead atoms. The van der Waals surface area contributed by atoms with Gasteiger partial charge in [-0.2, -0.15) is 0 Å². The summed E-state index contributed by atoms with van der Waals surface area (Å²) in [6, 6.07) is 18.6. The Morgan fingerprint density at radius 3 is 2.14 bits per heavy atom. The lowest BCUT2D eigenvalue weighted by atomic mass is 10.0. The Kier molecular flexibility index (Phi) is 5.09. The molecular weight excluding hydrogens is 414 g/mol. The maximum absolute atomic E-state index is 13.2. The molecule has 0 saturated heterocycles. The molecule has 1 heterocycles. The lowest BCUT2D eigenvalue weighted by Gasteiger charge is -2.15. The van der Waals surface area contributed by atoms with Gasteiger partial charge >= 0.3 is 0 Å². The Hall–Kier alpha value is -3.15. The predicted octanol–water partition coefficient (Wildman–Crippen LogP) is 5.53. The third-order valence-corrected chi connectivity index (χ3v) is 4.88. The van der Waals surface area contributed by atoms with Crippen molar-refractivity contribution in [2.45, 2.75) is 0 Å². The smallest absolute Gasteiger partial charge is 0.282 e. The third kappa shape index (κ3) is 3.75. The second-order valence-electron chi connectivity index (χ2n) is 6.31. The molecular formula is C22H13Cl2FN2O2. The van der Waals surface area contributed by atoms with Gasteiger partial charge in [0.05, 0.1) is 11.3 Å². The van der Waals surface area contributed by atoms with Crippen molar-refractivity contribution in [3.05, 3.63) is 99.9 Å². The molecule has 1 aliphatic heterocycles. The molecule has 2 amide bonds. The van der Waals surface area contributed by atoms with Crippen LogP contribution in [0.3, 0.4) is 0 Å². The van der Waals surface area contributed by atoms with Crippen molar-refractivity contribution in [2.75, 3.05) is 10.2 Å². The Balaban J connectivity index is 1.82. The normalized spacial score (nSPS) is 14.0. The van der Waals surface area contributed by atoms with E-state index in [1.54, 1.807) is 42.5 Å². The Bertz CT molecular complexity index is 1140. The summed E-state index contributed by atoms with van der Waals surface area (Å²) in [6.07, 6.45) is 0. The summed E-state index contributed by atoms with van der Waals surface area (Å²) in [7, 11) is 0. The van der Waals surface area contributed by atoms with E-state index in [2.05, 4.69) is 5.32 Å². The average molecular weight is 427 g/mol. The van der Waals surface area contributed by atoms with Crippen LogP contribution in [-0.4, -0.2) is 11.8 Å². The lowest BCUT2D eigenvalue weighted by molar-refractivity contribution is -0.120. The van der Waals surface area contributed by atoms with E-state index in [0.29, 0.717) is 27.0 Å². The van der Waals surface area contributed by atoms with Gasteiger partial charge in [0, 0.05) is 15.7 Å². The lowest BCUT2D eigenvalue weighted by Crippen LogP contribution is -2.32. The van der Waals surface area contributed by atoms with Crippen LogP contribution >= 0.6 is 23.2 Å². The van der Waals surface area contributed by atoms with Crippen LogP contribution in [0.2, 0.25) is 10.0 Å². The molecule has 1 N–H and O–H groups in total. The van der Waals surface area contributed by atoms with E-state index in [1.807, 2.05) is 0 Å². The number of anilines is 2. The van der Waals surface area contributed by atoms with Gasteiger partial charge in [0.25, 0.3) is 11.8 Å². The number of carbonyl (C=O) groups excluding carboxylic acids is 2. The first-order valence-corrected chi connectivity index (χ1v) is 9.37. The number of halogens is 3. The van der Waals surface area contributed by atoms with E-state index in [-0.39, 0.29) is 11.3 Å². The average Bonchev–Trinajstić information content (AvgIpc) is 2.94. The first-order chi connectivity index (χ1) is 13.9. The number of nitrogens with zero attached hydrogens (tertiary/aromatic N) is 1. The SMILES string of the molecule is O=C1C(Nc2ccc(F)cc2)=C(c2ccc(Cl)cc2)C(=O)N1c1cccc(Cl)c1. The first kappa shape index (κ1) is 19.2. The van der Waals surface area contributed by atoms with E-state index < -0.39 is 17.6 Å². The minimum absolute atomic E-state index is 0.0870. The predicted molar refractivity (Wildman–Crippen MR) is 112 cm³/mol. The van der Waals surface area contributed by atoms with Crippen molar-refractivity contribution in [3.8, 4) is 0 Å². The number of amides is 2. The van der Waals surface area contributed by atoms with Crippen LogP contribution in [0, 0.1) is 5.82 Å². The Labute approximate surface area is 176 Å². The molecule has 0 aliphatic carbocycles. The third-order valence-electron chi connectivity index (χ3n) is 4.40. The van der Waals surface area contributed by atoms with Crippen LogP contribution in [0.1, 0.15) is 5.56 Å². The van der Waals surface area contributed by atoms with E-state index in [1.165, 1.54) is 30.3 Å². The number of benzene rings is 3. The van der Waals surface area contributed by atoms with Crippen molar-refractivity contribution in [3.63, 3.8) is 0 Å². The number of imide groups is 1. The van der Waals surface area contributed by atoms with Crippen LogP contribution in [-0.2, 0) is 9.59 Å². The van der Waals surface area contributed by atoms with Gasteiger partial charge in [0.2, 0.25) is 0 Å². The second kappa shape index (κ2) is 7.70. The molecule has 1 aliphatic rings. The fraction of sp³-hybridized carbons (Fsp3) is 0. The summed E-state index contributed by atoms with van der Waals surface area (Å²) in [5.74, 6) is -1.44. The fourth-order valence-corrected chi connectivity index (χ4v) is 3.37. The molecule has 0 fully saturated rings. The molecule has 3 aromatic rings. The summed E-state index contributed by atoms with van der Waals surface area (Å²) in [4.78, 5) is 27.5. The molecule has 144 valence electrons. The number of nitrogens with one attached hydrogen (secondary N) is 1. The monoisotopic (exact) mass is 426 g/mol. The Morgan fingerprint density at radius 2 is 1.48 bits per heavy atom. The van der Waals surface area contributed by atoms with Gasteiger partial charge in [-0.05, 0) is 60.2 Å². The van der Waals surface area contributed by atoms with Crippen molar-refractivity contribution in [1.29, 1.82) is 0 Å². The highest BCUT2D eigenvalue weighted by Crippen LogP contribution is 2.34. The van der Waals surface area contributed by atoms with Gasteiger partial charge in [0.15, 0.2) is 0 Å². The zero-order chi connectivity index (χ0) is 20.5. The first-order valence-electron chi connectivity index (χ1n) is 8.61. The highest BCUT2D eigenvalue weighted by Gasteiger charge is 2.40. The minimum Gasteiger partial charge on any atom is -0.350 e. The van der Waals surface area contributed by atoms with Gasteiger partial charge in [-0.15, -0.1) is 0 Å². The standard InChI is InChI=1S/C22H13Cl2FN2O2/c23-14-6-4-13(5-7-14)19-20(26-17-10-8-16(25)9-11-17)22(29)27(21(19)28)18-3-1-2-15(24)12-18/h1-12,26H. The van der Waals surface area contributed by atoms with Crippen LogP contribution in [0.4, 0.5) is 15.8 Å². The van der Waals surface area contributed by atoms with E-state index in [9.17, 15) is 14.0 Å². The molecule has 4 rings (SSSR count). The van der Waals surface area contributed by atoms with Crippen LogP contribution in [0.5, 0.6) is 0 Å². The van der Waals surface area contributed by atoms with Gasteiger partial charge in [-0.25, -0.2) is 9.29 Å². The van der Waals surface area contributed by atoms with Gasteiger partial charge in [-0.1, -0.05) is 41.4 Å². The van der Waals surface area contributed by atoms with Gasteiger partial charge in [0.1, 0.15) is 11.5 Å². The highest BCUT2D eigenvalue weighted by atomic mass is 35.5. The topological polar surface area (TPSA) is 49.4 Å². The maximum Gasteiger partial charge on any atom is 0.282 e. The number of rotatable bonds is 4. The molecule has 7 heteroatoms. The summed E-state index contributed by atoms with van der Waals surface area (Å²) >= 11 is 12.0. The molecule has 0 spiro atoms. The largest absolute Gasteiger partial charge is 0.350 e. The molecule has 4 nitrogen and oxygen atoms in total. The van der Waals surface area contributed by atoms with Crippen LogP contribution < -0.4 is 10.2 Å². The van der Waals surface area contributed by atoms with E-state index >= 15 is 0 Å². The molecule has 0 atom stereocenters. The van der Waals surface area contributed by atoms with Crippen LogP contribution in [0.25, 0.3) is 5.57 Å². The molecule has 3 aromatic carbocycles. The second-order valence-corrected chi connectivity index (χ2v) is 7.19. The van der Waals surface area contributed by atoms with Crippen molar-refractivity contribution in [2.24, 2.45) is 0 Å². The molecule has 0 radical (unpaired) electrons. The summed E-state index contributed by atoms with van der Waals surface area (Å²) in [5.41, 5.74) is 1.64. The van der Waals surface area contributed by atoms with E-state index in [4.69, 9.17) is 23.2 Å². The highest BCUT2D eigenvalue weighted by molar-refractivity contribution is 6.46. The summed E-state index contributed by atoms with van der Waals surface area (Å²) in [5, 5.41) is 3.87. The minimum atomic E-state index is -0.536. The summed E-state index contributed by atoms with van der Waals surface area (Å²) in [6.45, 7) is 0. The molecule has 29 heavy (non-hydrogen) atoms. The molecule has 0 aromatic heterocycles. The zero-order valence-corrected chi connectivity index (χ0v) is 16.3. The Morgan fingerprint density at radius 1 is 0.793 bits per heavy atom. The maximum atomic E-state index is 13.2. The quantitative estimate of drug-likeness (QED) is 0.558. The van der Waals surface area contributed by atoms with Crippen LogP contribution in [0.15, 0.2) is 78.5 Å². The van der Waals surface area contributed by atoms with Crippen molar-refractivity contribution in [1.82, 2.24) is 0 Å². The number of hydrogen-bond donors (Lipinski definition) is 1. The fourth-order valence-electron chi connectivity index (χ4n) is 3.06. The van der Waals surface area contributed by atoms with Crippen molar-refractivity contribution >= 4 is 52.0 Å². The number of carbonyl (C=O) groups is 2. The summed E-state index contributed by atoms with van der Waals surface area (Å²) < 4.78 is 13.2. The van der Waals surface area contributed by atoms with Gasteiger partial charge < -0.3 is 5.32 Å². The van der Waals surface area contributed by atoms with Gasteiger partial charge in [-0.3, -0.25) is 9.59 Å². The van der Waals surface area contributed by atoms with Crippen molar-refractivity contribution < 1.29 is 14.0 Å².